The van der Waals surface area contributed by atoms with Crippen molar-refractivity contribution in [1.29, 1.82) is 0 Å². The molecule has 2 unspecified atom stereocenters. The first-order valence-corrected chi connectivity index (χ1v) is 4.20. The molecule has 3 nitrogen and oxygen atoms in total. The van der Waals surface area contributed by atoms with Crippen LogP contribution in [0.3, 0.4) is 0 Å². The number of hydrogen-bond acceptors (Lipinski definition) is 3. The Morgan fingerprint density at radius 2 is 2.50 bits per heavy atom. The summed E-state index contributed by atoms with van der Waals surface area (Å²) < 4.78 is 16.1. The van der Waals surface area contributed by atoms with Crippen LogP contribution in [0.15, 0.2) is 22.8 Å². The van der Waals surface area contributed by atoms with Crippen LogP contribution < -0.4 is 0 Å². The van der Waals surface area contributed by atoms with Crippen LogP contribution in [-0.2, 0) is 9.47 Å². The zero-order chi connectivity index (χ0) is 8.39. The van der Waals surface area contributed by atoms with E-state index in [1.54, 1.807) is 6.26 Å². The van der Waals surface area contributed by atoms with Gasteiger partial charge in [0.25, 0.3) is 0 Å². The van der Waals surface area contributed by atoms with Gasteiger partial charge in [0, 0.05) is 0 Å². The first kappa shape index (κ1) is 7.83. The van der Waals surface area contributed by atoms with Crippen LogP contribution in [0.1, 0.15) is 25.4 Å². The van der Waals surface area contributed by atoms with Crippen LogP contribution in [0.2, 0.25) is 0 Å². The zero-order valence-corrected chi connectivity index (χ0v) is 7.03. The van der Waals surface area contributed by atoms with Gasteiger partial charge in [0.15, 0.2) is 5.76 Å². The molecule has 3 heteroatoms. The van der Waals surface area contributed by atoms with Gasteiger partial charge in [0.1, 0.15) is 0 Å². The van der Waals surface area contributed by atoms with E-state index in [9.17, 15) is 0 Å². The third-order valence-corrected chi connectivity index (χ3v) is 1.98. The van der Waals surface area contributed by atoms with Crippen LogP contribution in [0, 0.1) is 0 Å². The van der Waals surface area contributed by atoms with Gasteiger partial charge in [0.2, 0.25) is 6.29 Å². The molecule has 1 aromatic rings. The number of ether oxygens (including phenoxy) is 2. The summed E-state index contributed by atoms with van der Waals surface area (Å²) in [5.41, 5.74) is 0. The SMILES string of the molecule is CCC1COC(c2ccco2)O1. The topological polar surface area (TPSA) is 31.6 Å². The lowest BCUT2D eigenvalue weighted by Gasteiger charge is -2.06. The predicted octanol–water partition coefficient (Wildman–Crippen LogP) is 2.10. The minimum Gasteiger partial charge on any atom is -0.464 e. The fourth-order valence-electron chi connectivity index (χ4n) is 1.24. The Labute approximate surface area is 71.3 Å². The molecule has 0 N–H and O–H groups in total. The van der Waals surface area contributed by atoms with E-state index in [4.69, 9.17) is 13.9 Å². The van der Waals surface area contributed by atoms with E-state index in [2.05, 4.69) is 6.92 Å². The van der Waals surface area contributed by atoms with Crippen molar-refractivity contribution in [3.05, 3.63) is 24.2 Å². The standard InChI is InChI=1S/C9H12O3/c1-2-7-6-11-9(12-7)8-4-3-5-10-8/h3-5,7,9H,2,6H2,1H3. The summed E-state index contributed by atoms with van der Waals surface area (Å²) in [5, 5.41) is 0. The van der Waals surface area contributed by atoms with Gasteiger partial charge in [-0.05, 0) is 18.6 Å². The molecule has 1 aliphatic heterocycles. The Bertz CT molecular complexity index is 230. The minimum absolute atomic E-state index is 0.222. The molecule has 1 aliphatic rings. The molecule has 0 radical (unpaired) electrons. The van der Waals surface area contributed by atoms with Gasteiger partial charge in [-0.1, -0.05) is 6.92 Å². The number of hydrogen-bond donors (Lipinski definition) is 0. The maximum Gasteiger partial charge on any atom is 0.217 e. The summed E-state index contributed by atoms with van der Waals surface area (Å²) in [6.45, 7) is 2.75. The quantitative estimate of drug-likeness (QED) is 0.677. The fraction of sp³-hybridized carbons (Fsp3) is 0.556. The Hall–Kier alpha value is -0.800. The summed E-state index contributed by atoms with van der Waals surface area (Å²) in [6, 6.07) is 3.70. The molecule has 2 rings (SSSR count). The maximum atomic E-state index is 5.54. The van der Waals surface area contributed by atoms with E-state index < -0.39 is 0 Å². The molecule has 12 heavy (non-hydrogen) atoms. The largest absolute Gasteiger partial charge is 0.464 e. The van der Waals surface area contributed by atoms with Crippen molar-refractivity contribution >= 4 is 0 Å². The Morgan fingerprint density at radius 1 is 1.58 bits per heavy atom. The molecule has 2 atom stereocenters. The van der Waals surface area contributed by atoms with Crippen LogP contribution in [0.4, 0.5) is 0 Å². The van der Waals surface area contributed by atoms with Crippen LogP contribution >= 0.6 is 0 Å². The molecular formula is C9H12O3. The van der Waals surface area contributed by atoms with Gasteiger partial charge in [-0.2, -0.15) is 0 Å². The highest BCUT2D eigenvalue weighted by Gasteiger charge is 2.27. The second kappa shape index (κ2) is 3.29. The van der Waals surface area contributed by atoms with Gasteiger partial charge in [-0.25, -0.2) is 0 Å². The van der Waals surface area contributed by atoms with Crippen molar-refractivity contribution in [2.75, 3.05) is 6.61 Å². The lowest BCUT2D eigenvalue weighted by Crippen LogP contribution is -2.06. The van der Waals surface area contributed by atoms with Crippen LogP contribution in [0.25, 0.3) is 0 Å². The van der Waals surface area contributed by atoms with E-state index in [1.807, 2.05) is 12.1 Å². The van der Waals surface area contributed by atoms with Crippen LogP contribution in [0.5, 0.6) is 0 Å². The third-order valence-electron chi connectivity index (χ3n) is 1.98. The van der Waals surface area contributed by atoms with Gasteiger partial charge in [-0.15, -0.1) is 0 Å². The molecule has 1 saturated heterocycles. The Morgan fingerprint density at radius 3 is 3.08 bits per heavy atom. The van der Waals surface area contributed by atoms with E-state index in [1.165, 1.54) is 0 Å². The van der Waals surface area contributed by atoms with E-state index in [-0.39, 0.29) is 12.4 Å². The first-order valence-electron chi connectivity index (χ1n) is 4.20. The summed E-state index contributed by atoms with van der Waals surface area (Å²) in [6.07, 6.45) is 2.54. The molecule has 66 valence electrons. The Balaban J connectivity index is 2.00. The monoisotopic (exact) mass is 168 g/mol. The summed E-state index contributed by atoms with van der Waals surface area (Å²) in [5.74, 6) is 0.756. The van der Waals surface area contributed by atoms with Crippen molar-refractivity contribution in [1.82, 2.24) is 0 Å². The average molecular weight is 168 g/mol. The summed E-state index contributed by atoms with van der Waals surface area (Å²) in [7, 11) is 0. The maximum absolute atomic E-state index is 5.54. The second-order valence-corrected chi connectivity index (χ2v) is 2.85. The molecule has 0 bridgehead atoms. The van der Waals surface area contributed by atoms with Crippen molar-refractivity contribution in [2.45, 2.75) is 25.7 Å². The molecule has 1 aromatic heterocycles. The smallest absolute Gasteiger partial charge is 0.217 e. The predicted molar refractivity (Wildman–Crippen MR) is 42.6 cm³/mol. The molecular weight excluding hydrogens is 156 g/mol. The zero-order valence-electron chi connectivity index (χ0n) is 7.03. The van der Waals surface area contributed by atoms with Crippen molar-refractivity contribution in [3.63, 3.8) is 0 Å². The van der Waals surface area contributed by atoms with Gasteiger partial charge >= 0.3 is 0 Å². The van der Waals surface area contributed by atoms with Crippen molar-refractivity contribution in [2.24, 2.45) is 0 Å². The average Bonchev–Trinajstić information content (AvgIpc) is 2.75. The normalized spacial score (nSPS) is 29.4. The molecule has 0 spiro atoms. The van der Waals surface area contributed by atoms with E-state index >= 15 is 0 Å². The molecule has 0 aliphatic carbocycles. The van der Waals surface area contributed by atoms with Crippen molar-refractivity contribution < 1.29 is 13.9 Å². The minimum atomic E-state index is -0.287. The van der Waals surface area contributed by atoms with Gasteiger partial charge in [-0.3, -0.25) is 0 Å². The van der Waals surface area contributed by atoms with Gasteiger partial charge < -0.3 is 13.9 Å². The molecule has 1 fully saturated rings. The fourth-order valence-corrected chi connectivity index (χ4v) is 1.24. The molecule has 0 amide bonds. The highest BCUT2D eigenvalue weighted by Crippen LogP contribution is 2.27. The van der Waals surface area contributed by atoms with Crippen molar-refractivity contribution in [3.8, 4) is 0 Å². The summed E-state index contributed by atoms with van der Waals surface area (Å²) in [4.78, 5) is 0. The molecule has 2 heterocycles. The number of rotatable bonds is 2. The third kappa shape index (κ3) is 1.38. The highest BCUT2D eigenvalue weighted by molar-refractivity contribution is 5.00. The lowest BCUT2D eigenvalue weighted by molar-refractivity contribution is -0.0740. The first-order chi connectivity index (χ1) is 5.90. The van der Waals surface area contributed by atoms with Crippen LogP contribution in [-0.4, -0.2) is 12.7 Å². The number of furan rings is 1. The molecule has 0 aromatic carbocycles. The van der Waals surface area contributed by atoms with Gasteiger partial charge in [0.05, 0.1) is 19.0 Å². The van der Waals surface area contributed by atoms with E-state index in [0.29, 0.717) is 6.61 Å². The van der Waals surface area contributed by atoms with E-state index in [0.717, 1.165) is 12.2 Å². The summed E-state index contributed by atoms with van der Waals surface area (Å²) >= 11 is 0. The lowest BCUT2D eigenvalue weighted by atomic mass is 10.3. The Kier molecular flexibility index (Phi) is 2.15. The highest BCUT2D eigenvalue weighted by atomic mass is 16.7. The second-order valence-electron chi connectivity index (χ2n) is 2.85. The molecule has 0 saturated carbocycles.